The van der Waals surface area contributed by atoms with Gasteiger partial charge in [-0.05, 0) is 36.8 Å². The van der Waals surface area contributed by atoms with Crippen LogP contribution in [0.3, 0.4) is 0 Å². The van der Waals surface area contributed by atoms with E-state index in [1.165, 1.54) is 44.1 Å². The Labute approximate surface area is 130 Å². The zero-order valence-electron chi connectivity index (χ0n) is 13.8. The highest BCUT2D eigenvalue weighted by atomic mass is 16.3. The number of aliphatic hydroxyl groups excluding tert-OH is 1. The van der Waals surface area contributed by atoms with E-state index in [0.29, 0.717) is 12.0 Å². The van der Waals surface area contributed by atoms with Crippen molar-refractivity contribution in [3.05, 3.63) is 35.4 Å². The van der Waals surface area contributed by atoms with Gasteiger partial charge in [0.25, 0.3) is 0 Å². The van der Waals surface area contributed by atoms with Gasteiger partial charge in [0.2, 0.25) is 0 Å². The molecule has 1 aromatic carbocycles. The summed E-state index contributed by atoms with van der Waals surface area (Å²) < 4.78 is 0. The van der Waals surface area contributed by atoms with Crippen molar-refractivity contribution < 1.29 is 5.11 Å². The van der Waals surface area contributed by atoms with Gasteiger partial charge in [0.15, 0.2) is 0 Å². The maximum atomic E-state index is 10.6. The highest BCUT2D eigenvalue weighted by molar-refractivity contribution is 5.26. The Kier molecular flexibility index (Phi) is 6.25. The molecule has 2 unspecified atom stereocenters. The van der Waals surface area contributed by atoms with Crippen LogP contribution in [0.5, 0.6) is 0 Å². The van der Waals surface area contributed by atoms with Crippen molar-refractivity contribution in [3.63, 3.8) is 0 Å². The molecule has 0 aromatic heterocycles. The van der Waals surface area contributed by atoms with E-state index in [9.17, 15) is 5.11 Å². The van der Waals surface area contributed by atoms with Gasteiger partial charge in [0.05, 0.1) is 6.10 Å². The Morgan fingerprint density at radius 3 is 1.95 bits per heavy atom. The second-order valence-corrected chi connectivity index (χ2v) is 6.91. The van der Waals surface area contributed by atoms with Crippen LogP contribution in [0.15, 0.2) is 24.3 Å². The third kappa shape index (κ3) is 4.82. The molecule has 2 heteroatoms. The number of benzene rings is 1. The molecule has 0 heterocycles. The fraction of sp³-hybridized carbons (Fsp3) is 0.684. The Morgan fingerprint density at radius 2 is 1.43 bits per heavy atom. The molecule has 1 aliphatic carbocycles. The van der Waals surface area contributed by atoms with Crippen molar-refractivity contribution in [2.45, 2.75) is 83.4 Å². The molecule has 2 N–H and O–H groups in total. The van der Waals surface area contributed by atoms with Crippen LogP contribution in [-0.4, -0.2) is 17.2 Å². The first-order chi connectivity index (χ1) is 10.1. The summed E-state index contributed by atoms with van der Waals surface area (Å²) in [5.41, 5.74) is 2.35. The van der Waals surface area contributed by atoms with Crippen LogP contribution in [-0.2, 0) is 0 Å². The zero-order valence-corrected chi connectivity index (χ0v) is 13.8. The minimum absolute atomic E-state index is 0.109. The lowest BCUT2D eigenvalue weighted by Crippen LogP contribution is -2.39. The lowest BCUT2D eigenvalue weighted by molar-refractivity contribution is 0.127. The maximum Gasteiger partial charge on any atom is 0.0940 e. The largest absolute Gasteiger partial charge is 0.387 e. The lowest BCUT2D eigenvalue weighted by Gasteiger charge is -2.26. The van der Waals surface area contributed by atoms with Gasteiger partial charge in [0, 0.05) is 12.1 Å². The Morgan fingerprint density at radius 1 is 0.905 bits per heavy atom. The highest BCUT2D eigenvalue weighted by Crippen LogP contribution is 2.23. The van der Waals surface area contributed by atoms with Gasteiger partial charge in [-0.2, -0.15) is 0 Å². The fourth-order valence-corrected chi connectivity index (χ4v) is 3.28. The summed E-state index contributed by atoms with van der Waals surface area (Å²) in [6, 6.07) is 9.12. The molecular formula is C19H31NO. The van der Waals surface area contributed by atoms with E-state index in [2.05, 4.69) is 50.4 Å². The van der Waals surface area contributed by atoms with Crippen molar-refractivity contribution in [1.29, 1.82) is 0 Å². The molecule has 2 nitrogen and oxygen atoms in total. The Hall–Kier alpha value is -0.860. The van der Waals surface area contributed by atoms with Crippen molar-refractivity contribution >= 4 is 0 Å². The van der Waals surface area contributed by atoms with Gasteiger partial charge >= 0.3 is 0 Å². The molecule has 2 rings (SSSR count). The minimum Gasteiger partial charge on any atom is -0.387 e. The molecule has 0 aliphatic heterocycles. The number of nitrogens with one attached hydrogen (secondary N) is 1. The first-order valence-electron chi connectivity index (χ1n) is 8.62. The Bertz CT molecular complexity index is 404. The molecule has 0 bridgehead atoms. The molecule has 0 radical (unpaired) electrons. The first-order valence-corrected chi connectivity index (χ1v) is 8.62. The number of aliphatic hydroxyl groups is 1. The predicted octanol–water partition coefficient (Wildman–Crippen LogP) is 4.54. The van der Waals surface area contributed by atoms with Crippen LogP contribution in [0.25, 0.3) is 0 Å². The van der Waals surface area contributed by atoms with Gasteiger partial charge in [-0.15, -0.1) is 0 Å². The van der Waals surface area contributed by atoms with E-state index in [0.717, 1.165) is 5.56 Å². The van der Waals surface area contributed by atoms with E-state index < -0.39 is 6.10 Å². The number of rotatable bonds is 5. The normalized spacial score (nSPS) is 20.2. The van der Waals surface area contributed by atoms with E-state index in [1.807, 2.05) is 0 Å². The van der Waals surface area contributed by atoms with Gasteiger partial charge in [-0.1, -0.05) is 63.8 Å². The van der Waals surface area contributed by atoms with Crippen molar-refractivity contribution in [2.24, 2.45) is 0 Å². The van der Waals surface area contributed by atoms with Crippen molar-refractivity contribution in [2.75, 3.05) is 0 Å². The van der Waals surface area contributed by atoms with Gasteiger partial charge in [-0.3, -0.25) is 0 Å². The molecule has 21 heavy (non-hydrogen) atoms. The summed E-state index contributed by atoms with van der Waals surface area (Å²) in [7, 11) is 0. The minimum atomic E-state index is -0.422. The molecular weight excluding hydrogens is 258 g/mol. The van der Waals surface area contributed by atoms with Crippen molar-refractivity contribution in [3.8, 4) is 0 Å². The van der Waals surface area contributed by atoms with Crippen LogP contribution in [0.1, 0.15) is 82.4 Å². The molecule has 1 fully saturated rings. The van der Waals surface area contributed by atoms with Crippen LogP contribution >= 0.6 is 0 Å². The van der Waals surface area contributed by atoms with Crippen LogP contribution in [0.2, 0.25) is 0 Å². The highest BCUT2D eigenvalue weighted by Gasteiger charge is 2.20. The summed E-state index contributed by atoms with van der Waals surface area (Å²) in [6.07, 6.45) is 7.46. The van der Waals surface area contributed by atoms with E-state index in [1.54, 1.807) is 0 Å². The van der Waals surface area contributed by atoms with Gasteiger partial charge in [-0.25, -0.2) is 0 Å². The average molecular weight is 289 g/mol. The third-order valence-corrected chi connectivity index (χ3v) is 4.77. The lowest BCUT2D eigenvalue weighted by atomic mass is 9.97. The molecule has 0 amide bonds. The van der Waals surface area contributed by atoms with E-state index in [4.69, 9.17) is 0 Å². The van der Waals surface area contributed by atoms with Crippen LogP contribution < -0.4 is 5.32 Å². The smallest absolute Gasteiger partial charge is 0.0940 e. The molecule has 0 spiro atoms. The monoisotopic (exact) mass is 289 g/mol. The number of hydrogen-bond acceptors (Lipinski definition) is 2. The zero-order chi connectivity index (χ0) is 15.2. The second-order valence-electron chi connectivity index (χ2n) is 6.91. The Balaban J connectivity index is 1.92. The van der Waals surface area contributed by atoms with Crippen molar-refractivity contribution in [1.82, 2.24) is 5.32 Å². The summed E-state index contributed by atoms with van der Waals surface area (Å²) in [6.45, 7) is 6.50. The summed E-state index contributed by atoms with van der Waals surface area (Å²) in [5, 5.41) is 14.2. The molecule has 118 valence electrons. The van der Waals surface area contributed by atoms with E-state index >= 15 is 0 Å². The standard InChI is InChI=1S/C19H31NO/c1-14(2)16-10-12-17(13-11-16)19(21)15(3)20-18-8-6-4-5-7-9-18/h10-15,18-21H,4-9H2,1-3H3. The maximum absolute atomic E-state index is 10.6. The molecule has 1 aliphatic rings. The quantitative estimate of drug-likeness (QED) is 0.780. The van der Waals surface area contributed by atoms with E-state index in [-0.39, 0.29) is 6.04 Å². The summed E-state index contributed by atoms with van der Waals surface area (Å²) in [4.78, 5) is 0. The molecule has 1 aromatic rings. The second kappa shape index (κ2) is 7.95. The van der Waals surface area contributed by atoms with Gasteiger partial charge in [0.1, 0.15) is 0 Å². The fourth-order valence-electron chi connectivity index (χ4n) is 3.28. The molecule has 0 saturated heterocycles. The number of hydrogen-bond donors (Lipinski definition) is 2. The first kappa shape index (κ1) is 16.5. The topological polar surface area (TPSA) is 32.3 Å². The molecule has 1 saturated carbocycles. The average Bonchev–Trinajstić information content (AvgIpc) is 2.75. The summed E-state index contributed by atoms with van der Waals surface area (Å²) >= 11 is 0. The third-order valence-electron chi connectivity index (χ3n) is 4.77. The SMILES string of the molecule is CC(C)c1ccc(C(O)C(C)NC2CCCCCC2)cc1. The van der Waals surface area contributed by atoms with Gasteiger partial charge < -0.3 is 10.4 Å². The molecule has 2 atom stereocenters. The predicted molar refractivity (Wildman–Crippen MR) is 89.6 cm³/mol. The van der Waals surface area contributed by atoms with Crippen LogP contribution in [0.4, 0.5) is 0 Å². The summed E-state index contributed by atoms with van der Waals surface area (Å²) in [5.74, 6) is 0.540. The van der Waals surface area contributed by atoms with Crippen LogP contribution in [0, 0.1) is 0 Å².